The standard InChI is InChI=1S/C72H74N2O9/c1-40-5-7-58(8-6-40)71-35-47-15-48(36-71)38-72(37-47,39-71)61-24-55-18-53-22-59(69-29-41-9-42(30-69)11-43(10-41)31-69)20-51(64(53)75)16-49-3-2-4-50(67(49)83-68(78)57-26-62(73(79)80)28-63(27-57)74(81)82)17-52-21-60(23-54(65(52)76)19-56(25-61)66(55)77)70-32-44-12-45(33-70)14-46(13-44)34-70/h2-8,20-28,41-48,75-77H,9-19,29-39H2,1H3/t41?,42?,43?,44?,45?,46?,47-,48+,69?,70?,71?,72?. The van der Waals surface area contributed by atoms with E-state index in [0.717, 1.165) is 98.2 Å². The SMILES string of the molecule is Cc1ccc(C23C[C@H]4C[C@@H](C2)CC(c2cc5c(O)c(c2)Cc2cc(C67CC8CC(CC(C8)C6)C7)cc(c2O)Cc2cccc(c2OC(=O)c2cc([N+](=O)[O-])cc([N+](=O)[O-])c2)Cc2cc(C67CC8CC(CC(C8)C6)C7)cc(c2O)C5)(C4)C3)cc1. The zero-order valence-corrected chi connectivity index (χ0v) is 47.6. The summed E-state index contributed by atoms with van der Waals surface area (Å²) in [5.74, 6) is 4.81. The van der Waals surface area contributed by atoms with Crippen LogP contribution in [0.25, 0.3) is 0 Å². The smallest absolute Gasteiger partial charge is 0.344 e. The van der Waals surface area contributed by atoms with Crippen LogP contribution in [0.4, 0.5) is 11.4 Å². The molecular weight excluding hydrogens is 1040 g/mol. The van der Waals surface area contributed by atoms with E-state index in [9.17, 15) is 40.3 Å². The fourth-order valence-corrected chi connectivity index (χ4v) is 21.7. The lowest BCUT2D eigenvalue weighted by atomic mass is 9.41. The third kappa shape index (κ3) is 8.48. The molecule has 20 bridgehead atoms. The molecule has 19 rings (SSSR count). The number of benzene rings is 6. The van der Waals surface area contributed by atoms with Gasteiger partial charge < -0.3 is 20.1 Å². The van der Waals surface area contributed by atoms with Crippen molar-refractivity contribution in [2.75, 3.05) is 0 Å². The number of nitro groups is 2. The number of phenolic OH excluding ortho intramolecular Hbond substituents is 3. The first kappa shape index (κ1) is 51.6. The van der Waals surface area contributed by atoms with Crippen LogP contribution in [-0.2, 0) is 47.3 Å². The predicted octanol–water partition coefficient (Wildman–Crippen LogP) is 15.5. The summed E-state index contributed by atoms with van der Waals surface area (Å²) in [6, 6.07) is 31.4. The number of hydrogen-bond donors (Lipinski definition) is 3. The lowest BCUT2D eigenvalue weighted by Gasteiger charge is -2.63. The van der Waals surface area contributed by atoms with Crippen molar-refractivity contribution in [3.05, 3.63) is 195 Å². The summed E-state index contributed by atoms with van der Waals surface area (Å²) in [5, 5.41) is 63.5. The number of nitrogens with zero attached hydrogens (tertiary/aromatic N) is 2. The quantitative estimate of drug-likeness (QED) is 0.0579. The van der Waals surface area contributed by atoms with Crippen LogP contribution in [0.3, 0.4) is 0 Å². The van der Waals surface area contributed by atoms with Crippen molar-refractivity contribution >= 4 is 17.3 Å². The van der Waals surface area contributed by atoms with Gasteiger partial charge in [0.1, 0.15) is 23.0 Å². The fourth-order valence-electron chi connectivity index (χ4n) is 21.7. The number of ether oxygens (including phenoxy) is 1. The molecule has 426 valence electrons. The van der Waals surface area contributed by atoms with Crippen molar-refractivity contribution in [2.45, 2.75) is 170 Å². The van der Waals surface area contributed by atoms with Gasteiger partial charge in [-0.15, -0.1) is 0 Å². The number of carbonyl (C=O) groups is 1. The van der Waals surface area contributed by atoms with Gasteiger partial charge in [0.25, 0.3) is 11.4 Å². The molecule has 0 radical (unpaired) electrons. The second-order valence-corrected chi connectivity index (χ2v) is 29.5. The van der Waals surface area contributed by atoms with Gasteiger partial charge in [0.2, 0.25) is 0 Å². The molecule has 13 aliphatic carbocycles. The molecule has 83 heavy (non-hydrogen) atoms. The van der Waals surface area contributed by atoms with Crippen LogP contribution in [0.1, 0.15) is 198 Å². The van der Waals surface area contributed by atoms with E-state index in [1.54, 1.807) is 0 Å². The third-order valence-corrected chi connectivity index (χ3v) is 23.9. The Morgan fingerprint density at radius 2 is 0.759 bits per heavy atom. The number of phenols is 3. The number of para-hydroxylation sites is 1. The van der Waals surface area contributed by atoms with Crippen LogP contribution in [0.5, 0.6) is 23.0 Å². The Labute approximate surface area is 485 Å². The van der Waals surface area contributed by atoms with Crippen LogP contribution >= 0.6 is 0 Å². The summed E-state index contributed by atoms with van der Waals surface area (Å²) < 4.78 is 6.49. The molecular formula is C72H74N2O9. The van der Waals surface area contributed by atoms with Gasteiger partial charge in [-0.25, -0.2) is 4.79 Å². The van der Waals surface area contributed by atoms with Crippen LogP contribution in [0.15, 0.2) is 97.1 Å². The van der Waals surface area contributed by atoms with E-state index < -0.39 is 27.2 Å². The minimum Gasteiger partial charge on any atom is -0.507 e. The maximum Gasteiger partial charge on any atom is 0.344 e. The van der Waals surface area contributed by atoms with E-state index >= 15 is 0 Å². The Bertz CT molecular complexity index is 3500. The first-order valence-corrected chi connectivity index (χ1v) is 31.3. The highest BCUT2D eigenvalue weighted by Crippen LogP contribution is 2.67. The molecule has 6 aromatic carbocycles. The molecule has 0 amide bonds. The zero-order valence-electron chi connectivity index (χ0n) is 47.6. The van der Waals surface area contributed by atoms with E-state index in [0.29, 0.717) is 69.6 Å². The monoisotopic (exact) mass is 1110 g/mol. The third-order valence-electron chi connectivity index (χ3n) is 23.9. The highest BCUT2D eigenvalue weighted by atomic mass is 16.6. The van der Waals surface area contributed by atoms with Crippen molar-refractivity contribution in [3.8, 4) is 23.0 Å². The number of carbonyl (C=O) groups excluding carboxylic acids is 1. The van der Waals surface area contributed by atoms with Crippen LogP contribution in [-0.4, -0.2) is 31.1 Å². The molecule has 0 aromatic heterocycles. The van der Waals surface area contributed by atoms with Crippen molar-refractivity contribution < 1.29 is 34.7 Å². The molecule has 0 heterocycles. The van der Waals surface area contributed by atoms with Gasteiger partial charge in [-0.1, -0.05) is 84.4 Å². The summed E-state index contributed by atoms with van der Waals surface area (Å²) in [6.45, 7) is 2.17. The average Bonchev–Trinajstić information content (AvgIpc) is 1.73. The number of rotatable bonds is 8. The second kappa shape index (κ2) is 18.5. The molecule has 11 nitrogen and oxygen atoms in total. The molecule has 0 spiro atoms. The summed E-state index contributed by atoms with van der Waals surface area (Å²) >= 11 is 0. The molecule has 0 saturated heterocycles. The molecule has 2 unspecified atom stereocenters. The van der Waals surface area contributed by atoms with Gasteiger partial charge in [-0.3, -0.25) is 20.2 Å². The van der Waals surface area contributed by atoms with Gasteiger partial charge >= 0.3 is 5.97 Å². The first-order chi connectivity index (χ1) is 39.9. The molecule has 11 heteroatoms. The number of aromatic hydroxyl groups is 3. The Morgan fingerprint density at radius 1 is 0.434 bits per heavy atom. The number of fused-ring (bicyclic) bond motifs is 8. The zero-order chi connectivity index (χ0) is 56.5. The lowest BCUT2D eigenvalue weighted by Crippen LogP contribution is -2.56. The van der Waals surface area contributed by atoms with Crippen molar-refractivity contribution in [1.29, 1.82) is 0 Å². The molecule has 6 aromatic rings. The summed E-state index contributed by atoms with van der Waals surface area (Å²) in [4.78, 5) is 37.4. The van der Waals surface area contributed by atoms with Crippen LogP contribution < -0.4 is 4.74 Å². The minimum atomic E-state index is -0.993. The highest BCUT2D eigenvalue weighted by molar-refractivity contribution is 5.93. The number of esters is 1. The van der Waals surface area contributed by atoms with E-state index in [2.05, 4.69) is 67.6 Å². The average molecular weight is 1110 g/mol. The van der Waals surface area contributed by atoms with Crippen molar-refractivity contribution in [1.82, 2.24) is 0 Å². The maximum absolute atomic E-state index is 14.6. The van der Waals surface area contributed by atoms with Crippen molar-refractivity contribution in [2.24, 2.45) is 47.3 Å². The van der Waals surface area contributed by atoms with E-state index in [4.69, 9.17) is 4.74 Å². The number of non-ortho nitro benzene ring substituents is 2. The minimum absolute atomic E-state index is 0.0616. The van der Waals surface area contributed by atoms with E-state index in [1.807, 2.05) is 18.2 Å². The van der Waals surface area contributed by atoms with E-state index in [-0.39, 0.29) is 75.9 Å². The van der Waals surface area contributed by atoms with Crippen LogP contribution in [0.2, 0.25) is 0 Å². The molecule has 4 atom stereocenters. The molecule has 3 N–H and O–H groups in total. The summed E-state index contributed by atoms with van der Waals surface area (Å²) in [6.07, 6.45) is 22.0. The largest absolute Gasteiger partial charge is 0.507 e. The lowest BCUT2D eigenvalue weighted by molar-refractivity contribution is -0.394. The Balaban J connectivity index is 0.896. The Morgan fingerprint density at radius 3 is 1.13 bits per heavy atom. The van der Waals surface area contributed by atoms with Crippen molar-refractivity contribution in [3.63, 3.8) is 0 Å². The van der Waals surface area contributed by atoms with E-state index in [1.165, 1.54) is 85.6 Å². The van der Waals surface area contributed by atoms with Gasteiger partial charge in [-0.05, 0) is 258 Å². The Hall–Kier alpha value is -7.01. The van der Waals surface area contributed by atoms with Gasteiger partial charge in [-0.2, -0.15) is 0 Å². The first-order valence-electron chi connectivity index (χ1n) is 31.3. The number of hydrogen-bond acceptors (Lipinski definition) is 9. The number of nitro benzene ring substituents is 2. The van der Waals surface area contributed by atoms with Gasteiger partial charge in [0, 0.05) is 37.8 Å². The normalized spacial score (nSPS) is 32.9. The fraction of sp³-hybridized carbons (Fsp3) is 0.486. The molecule has 0 aliphatic heterocycles. The number of aryl methyl sites for hydroxylation is 1. The summed E-state index contributed by atoms with van der Waals surface area (Å²) in [7, 11) is 0. The van der Waals surface area contributed by atoms with Gasteiger partial charge in [0.15, 0.2) is 0 Å². The molecule has 13 aliphatic rings. The molecule has 12 fully saturated rings. The topological polar surface area (TPSA) is 173 Å². The molecule has 12 saturated carbocycles. The Kier molecular flexibility index (Phi) is 11.5. The maximum atomic E-state index is 14.6. The van der Waals surface area contributed by atoms with Gasteiger partial charge in [0.05, 0.1) is 21.5 Å². The highest BCUT2D eigenvalue weighted by Gasteiger charge is 2.59. The van der Waals surface area contributed by atoms with Crippen LogP contribution in [0, 0.1) is 74.5 Å². The summed E-state index contributed by atoms with van der Waals surface area (Å²) in [5.41, 5.74) is 10.3. The predicted molar refractivity (Wildman–Crippen MR) is 316 cm³/mol. The second-order valence-electron chi connectivity index (χ2n) is 29.5.